The zero-order valence-electron chi connectivity index (χ0n) is 12.0. The molecule has 0 aromatic heterocycles. The second-order valence-corrected chi connectivity index (χ2v) is 6.63. The van der Waals surface area contributed by atoms with E-state index in [2.05, 4.69) is 0 Å². The summed E-state index contributed by atoms with van der Waals surface area (Å²) in [7, 11) is -3.82. The molecule has 0 fully saturated rings. The van der Waals surface area contributed by atoms with Crippen molar-refractivity contribution in [3.8, 4) is 11.5 Å². The Labute approximate surface area is 123 Å². The Bertz CT molecular complexity index is 622. The predicted octanol–water partition coefficient (Wildman–Crippen LogP) is 1.57. The lowest BCUT2D eigenvalue weighted by Gasteiger charge is -2.20. The average Bonchev–Trinajstić information content (AvgIpc) is 2.47. The molecule has 1 atom stereocenters. The number of sulfone groups is 1. The van der Waals surface area contributed by atoms with Crippen LogP contribution >= 0.6 is 0 Å². The minimum absolute atomic E-state index is 0.0339. The first-order chi connectivity index (χ1) is 10.0. The van der Waals surface area contributed by atoms with E-state index in [1.54, 1.807) is 19.9 Å². The van der Waals surface area contributed by atoms with Crippen LogP contribution in [0, 0.1) is 0 Å². The van der Waals surface area contributed by atoms with Gasteiger partial charge in [0.05, 0.1) is 11.5 Å². The molecule has 0 saturated heterocycles. The first-order valence-electron chi connectivity index (χ1n) is 6.80. The standard InChI is InChI=1S/C14H18O6S/c1-3-13(14(15)18-4-2)21(16,17)10-5-6-11-12(9-10)20-8-7-19-11/h5-6,9,13H,3-4,7-8H2,1-2H3. The van der Waals surface area contributed by atoms with E-state index >= 15 is 0 Å². The Hall–Kier alpha value is -1.76. The van der Waals surface area contributed by atoms with Crippen LogP contribution in [0.15, 0.2) is 23.1 Å². The van der Waals surface area contributed by atoms with Crippen LogP contribution in [0.1, 0.15) is 20.3 Å². The van der Waals surface area contributed by atoms with Crippen LogP contribution in [0.25, 0.3) is 0 Å². The first kappa shape index (κ1) is 15.6. The topological polar surface area (TPSA) is 78.9 Å². The van der Waals surface area contributed by atoms with Gasteiger partial charge >= 0.3 is 5.97 Å². The lowest BCUT2D eigenvalue weighted by molar-refractivity contribution is -0.142. The fourth-order valence-corrected chi connectivity index (χ4v) is 3.73. The summed E-state index contributed by atoms with van der Waals surface area (Å²) in [5.74, 6) is 0.153. The van der Waals surface area contributed by atoms with Gasteiger partial charge in [-0.3, -0.25) is 4.79 Å². The molecular formula is C14H18O6S. The van der Waals surface area contributed by atoms with E-state index in [9.17, 15) is 13.2 Å². The molecular weight excluding hydrogens is 296 g/mol. The van der Waals surface area contributed by atoms with Gasteiger partial charge < -0.3 is 14.2 Å². The maximum atomic E-state index is 12.6. The fraction of sp³-hybridized carbons (Fsp3) is 0.500. The van der Waals surface area contributed by atoms with Crippen LogP contribution in [0.2, 0.25) is 0 Å². The van der Waals surface area contributed by atoms with Crippen molar-refractivity contribution < 1.29 is 27.4 Å². The van der Waals surface area contributed by atoms with Crippen molar-refractivity contribution in [1.29, 1.82) is 0 Å². The fourth-order valence-electron chi connectivity index (χ4n) is 2.11. The van der Waals surface area contributed by atoms with Gasteiger partial charge in [-0.05, 0) is 25.5 Å². The monoisotopic (exact) mass is 314 g/mol. The minimum Gasteiger partial charge on any atom is -0.486 e. The van der Waals surface area contributed by atoms with E-state index in [0.29, 0.717) is 24.7 Å². The number of carbonyl (C=O) groups excluding carboxylic acids is 1. The van der Waals surface area contributed by atoms with E-state index in [1.807, 2.05) is 0 Å². The third-order valence-electron chi connectivity index (χ3n) is 3.14. The maximum Gasteiger partial charge on any atom is 0.324 e. The summed E-state index contributed by atoms with van der Waals surface area (Å²) in [4.78, 5) is 11.9. The molecule has 7 heteroatoms. The second kappa shape index (κ2) is 6.34. The summed E-state index contributed by atoms with van der Waals surface area (Å²) < 4.78 is 40.7. The summed E-state index contributed by atoms with van der Waals surface area (Å²) in [6.45, 7) is 4.22. The Morgan fingerprint density at radius 2 is 1.90 bits per heavy atom. The van der Waals surface area contributed by atoms with Crippen molar-refractivity contribution in [2.75, 3.05) is 19.8 Å². The summed E-state index contributed by atoms with van der Waals surface area (Å²) in [6, 6.07) is 4.36. The molecule has 0 spiro atoms. The summed E-state index contributed by atoms with van der Waals surface area (Å²) in [6.07, 6.45) is 0.148. The highest BCUT2D eigenvalue weighted by Gasteiger charge is 2.34. The van der Waals surface area contributed by atoms with Gasteiger partial charge in [0, 0.05) is 6.07 Å². The van der Waals surface area contributed by atoms with E-state index in [1.165, 1.54) is 12.1 Å². The Morgan fingerprint density at radius 3 is 2.52 bits per heavy atom. The van der Waals surface area contributed by atoms with Crippen molar-refractivity contribution in [1.82, 2.24) is 0 Å². The van der Waals surface area contributed by atoms with Crippen LogP contribution in [-0.4, -0.2) is 39.5 Å². The van der Waals surface area contributed by atoms with Crippen molar-refractivity contribution in [3.63, 3.8) is 0 Å². The quantitative estimate of drug-likeness (QED) is 0.768. The SMILES string of the molecule is CCOC(=O)C(CC)S(=O)(=O)c1ccc2c(c1)OCCO2. The van der Waals surface area contributed by atoms with E-state index < -0.39 is 21.1 Å². The van der Waals surface area contributed by atoms with E-state index in [4.69, 9.17) is 14.2 Å². The van der Waals surface area contributed by atoms with Crippen LogP contribution in [0.5, 0.6) is 11.5 Å². The third kappa shape index (κ3) is 3.12. The van der Waals surface area contributed by atoms with Crippen LogP contribution in [0.3, 0.4) is 0 Å². The largest absolute Gasteiger partial charge is 0.486 e. The predicted molar refractivity (Wildman–Crippen MR) is 75.3 cm³/mol. The Morgan fingerprint density at radius 1 is 1.24 bits per heavy atom. The second-order valence-electron chi connectivity index (χ2n) is 4.50. The molecule has 0 aliphatic carbocycles. The molecule has 0 radical (unpaired) electrons. The number of ether oxygens (including phenoxy) is 3. The van der Waals surface area contributed by atoms with Crippen LogP contribution in [-0.2, 0) is 19.4 Å². The first-order valence-corrected chi connectivity index (χ1v) is 8.35. The van der Waals surface area contributed by atoms with Crippen molar-refractivity contribution >= 4 is 15.8 Å². The molecule has 1 aromatic carbocycles. The molecule has 116 valence electrons. The number of hydrogen-bond acceptors (Lipinski definition) is 6. The van der Waals surface area contributed by atoms with Gasteiger partial charge in [-0.2, -0.15) is 0 Å². The smallest absolute Gasteiger partial charge is 0.324 e. The lowest BCUT2D eigenvalue weighted by atomic mass is 10.3. The highest BCUT2D eigenvalue weighted by molar-refractivity contribution is 7.92. The van der Waals surface area contributed by atoms with E-state index in [0.717, 1.165) is 0 Å². The maximum absolute atomic E-state index is 12.6. The molecule has 6 nitrogen and oxygen atoms in total. The number of esters is 1. The molecule has 1 heterocycles. The minimum atomic E-state index is -3.82. The number of hydrogen-bond donors (Lipinski definition) is 0. The molecule has 1 aromatic rings. The zero-order chi connectivity index (χ0) is 15.5. The molecule has 0 saturated carbocycles. The van der Waals surface area contributed by atoms with Crippen LogP contribution in [0.4, 0.5) is 0 Å². The van der Waals surface area contributed by atoms with E-state index in [-0.39, 0.29) is 17.9 Å². The molecule has 1 aliphatic heterocycles. The summed E-state index contributed by atoms with van der Waals surface area (Å²) in [5, 5.41) is -1.21. The molecule has 0 amide bonds. The Kier molecular flexibility index (Phi) is 4.72. The van der Waals surface area contributed by atoms with Crippen molar-refractivity contribution in [2.24, 2.45) is 0 Å². The molecule has 0 bridgehead atoms. The molecule has 1 aliphatic rings. The number of benzene rings is 1. The van der Waals surface area contributed by atoms with Gasteiger partial charge in [-0.15, -0.1) is 0 Å². The summed E-state index contributed by atoms with van der Waals surface area (Å²) >= 11 is 0. The Balaban J connectivity index is 2.36. The van der Waals surface area contributed by atoms with Crippen LogP contribution < -0.4 is 9.47 Å². The number of rotatable bonds is 5. The lowest BCUT2D eigenvalue weighted by Crippen LogP contribution is -2.31. The van der Waals surface area contributed by atoms with Gasteiger partial charge in [0.25, 0.3) is 0 Å². The molecule has 0 N–H and O–H groups in total. The zero-order valence-corrected chi connectivity index (χ0v) is 12.8. The highest BCUT2D eigenvalue weighted by atomic mass is 32.2. The normalized spacial score (nSPS) is 15.3. The van der Waals surface area contributed by atoms with Gasteiger partial charge in [-0.1, -0.05) is 6.92 Å². The molecule has 2 rings (SSSR count). The average molecular weight is 314 g/mol. The third-order valence-corrected chi connectivity index (χ3v) is 5.32. The molecule has 1 unspecified atom stereocenters. The summed E-state index contributed by atoms with van der Waals surface area (Å²) in [5.41, 5.74) is 0. The number of carbonyl (C=O) groups is 1. The van der Waals surface area contributed by atoms with Gasteiger partial charge in [0.1, 0.15) is 13.2 Å². The van der Waals surface area contributed by atoms with Crippen molar-refractivity contribution in [3.05, 3.63) is 18.2 Å². The van der Waals surface area contributed by atoms with Gasteiger partial charge in [-0.25, -0.2) is 8.42 Å². The number of fused-ring (bicyclic) bond motifs is 1. The van der Waals surface area contributed by atoms with Gasteiger partial charge in [0.15, 0.2) is 26.6 Å². The van der Waals surface area contributed by atoms with Gasteiger partial charge in [0.2, 0.25) is 0 Å². The highest BCUT2D eigenvalue weighted by Crippen LogP contribution is 2.33. The van der Waals surface area contributed by atoms with Crippen molar-refractivity contribution in [2.45, 2.75) is 30.4 Å². The molecule has 21 heavy (non-hydrogen) atoms.